The molecule has 0 radical (unpaired) electrons. The van der Waals surface area contributed by atoms with E-state index >= 15 is 0 Å². The fourth-order valence-electron chi connectivity index (χ4n) is 4.70. The van der Waals surface area contributed by atoms with E-state index in [2.05, 4.69) is 25.5 Å². The number of halogens is 3. The van der Waals surface area contributed by atoms with E-state index in [0.29, 0.717) is 24.8 Å². The number of anilines is 2. The minimum atomic E-state index is -4.54. The third kappa shape index (κ3) is 6.48. The molecule has 2 N–H and O–H groups in total. The van der Waals surface area contributed by atoms with E-state index in [-0.39, 0.29) is 11.7 Å². The number of ether oxygens (including phenoxy) is 2. The average Bonchev–Trinajstić information content (AvgIpc) is 2.95. The summed E-state index contributed by atoms with van der Waals surface area (Å²) in [6.45, 7) is 6.48. The van der Waals surface area contributed by atoms with Gasteiger partial charge in [-0.25, -0.2) is 4.98 Å². The number of hydrogen-bond acceptors (Lipinski definition) is 7. The summed E-state index contributed by atoms with van der Waals surface area (Å²) >= 11 is 0. The minimum absolute atomic E-state index is 0.0385. The number of rotatable bonds is 6. The number of pyridine rings is 2. The molecular formula is C28H30F3N5O3. The van der Waals surface area contributed by atoms with Gasteiger partial charge in [0.05, 0.1) is 30.7 Å². The normalized spacial score (nSPS) is 16.7. The molecular weight excluding hydrogens is 511 g/mol. The number of nitrogens with zero attached hydrogens (tertiary/aromatic N) is 3. The predicted molar refractivity (Wildman–Crippen MR) is 141 cm³/mol. The largest absolute Gasteiger partial charge is 0.473 e. The van der Waals surface area contributed by atoms with E-state index in [1.807, 2.05) is 13.0 Å². The molecule has 2 aromatic heterocycles. The van der Waals surface area contributed by atoms with Crippen LogP contribution < -0.4 is 20.3 Å². The molecule has 1 aromatic carbocycles. The molecule has 2 aliphatic heterocycles. The van der Waals surface area contributed by atoms with Crippen LogP contribution in [0.2, 0.25) is 0 Å². The zero-order valence-electron chi connectivity index (χ0n) is 21.6. The van der Waals surface area contributed by atoms with E-state index < -0.39 is 17.6 Å². The van der Waals surface area contributed by atoms with E-state index in [0.717, 1.165) is 73.7 Å². The Balaban J connectivity index is 1.42. The molecule has 3 aromatic rings. The first-order chi connectivity index (χ1) is 18.8. The smallest absolute Gasteiger partial charge is 0.416 e. The zero-order valence-corrected chi connectivity index (χ0v) is 21.6. The SMILES string of the molecule is Cc1ncc(NC(=O)c2cccc(C(F)(F)F)c2)cc1-c1cnc(OC2CCOCC2)c(N2CCNCC2)c1. The predicted octanol–water partition coefficient (Wildman–Crippen LogP) is 4.69. The first-order valence-electron chi connectivity index (χ1n) is 12.9. The second-order valence-electron chi connectivity index (χ2n) is 9.60. The summed E-state index contributed by atoms with van der Waals surface area (Å²) in [7, 11) is 0. The Bertz CT molecular complexity index is 1320. The van der Waals surface area contributed by atoms with Crippen molar-refractivity contribution in [3.63, 3.8) is 0 Å². The highest BCUT2D eigenvalue weighted by Gasteiger charge is 2.31. The van der Waals surface area contributed by atoms with Gasteiger partial charge in [-0.05, 0) is 37.3 Å². The van der Waals surface area contributed by atoms with Crippen molar-refractivity contribution in [2.24, 2.45) is 0 Å². The van der Waals surface area contributed by atoms with Crippen molar-refractivity contribution in [3.05, 3.63) is 65.6 Å². The van der Waals surface area contributed by atoms with Crippen molar-refractivity contribution in [1.29, 1.82) is 0 Å². The van der Waals surface area contributed by atoms with Crippen molar-refractivity contribution in [2.75, 3.05) is 49.6 Å². The van der Waals surface area contributed by atoms with Gasteiger partial charge in [0, 0.05) is 67.6 Å². The van der Waals surface area contributed by atoms with Crippen LogP contribution in [0.15, 0.2) is 48.8 Å². The van der Waals surface area contributed by atoms with Gasteiger partial charge < -0.3 is 25.0 Å². The fourth-order valence-corrected chi connectivity index (χ4v) is 4.70. The molecule has 39 heavy (non-hydrogen) atoms. The third-order valence-electron chi connectivity index (χ3n) is 6.84. The highest BCUT2D eigenvalue weighted by Crippen LogP contribution is 2.35. The average molecular weight is 542 g/mol. The highest BCUT2D eigenvalue weighted by molar-refractivity contribution is 6.04. The molecule has 2 fully saturated rings. The third-order valence-corrected chi connectivity index (χ3v) is 6.84. The summed E-state index contributed by atoms with van der Waals surface area (Å²) in [6.07, 6.45) is 0.323. The Morgan fingerprint density at radius 2 is 1.87 bits per heavy atom. The van der Waals surface area contributed by atoms with E-state index in [4.69, 9.17) is 9.47 Å². The molecule has 0 unspecified atom stereocenters. The summed E-state index contributed by atoms with van der Waals surface area (Å²) in [4.78, 5) is 24.1. The van der Waals surface area contributed by atoms with Crippen LogP contribution in [0.1, 0.15) is 34.5 Å². The van der Waals surface area contributed by atoms with Crippen LogP contribution in [0.5, 0.6) is 5.88 Å². The van der Waals surface area contributed by atoms with Crippen molar-refractivity contribution in [1.82, 2.24) is 15.3 Å². The van der Waals surface area contributed by atoms with Gasteiger partial charge in [0.1, 0.15) is 11.8 Å². The standard InChI is InChI=1S/C28H30F3N5O3/c1-18-24(15-22(17-33-18)35-26(37)19-3-2-4-21(13-19)28(29,30)31)20-14-25(36-9-7-32-8-10-36)27(34-16-20)39-23-5-11-38-12-6-23/h2-4,13-17,23,32H,5-12H2,1H3,(H,35,37). The lowest BCUT2D eigenvalue weighted by Gasteiger charge is -2.32. The molecule has 11 heteroatoms. The molecule has 0 aliphatic carbocycles. The Kier molecular flexibility index (Phi) is 7.99. The molecule has 2 saturated heterocycles. The number of aromatic nitrogens is 2. The van der Waals surface area contributed by atoms with E-state index in [1.165, 1.54) is 18.3 Å². The van der Waals surface area contributed by atoms with Crippen LogP contribution in [0.25, 0.3) is 11.1 Å². The van der Waals surface area contributed by atoms with Crippen LogP contribution in [-0.4, -0.2) is 61.4 Å². The maximum absolute atomic E-state index is 13.1. The van der Waals surface area contributed by atoms with Crippen LogP contribution >= 0.6 is 0 Å². The number of hydrogen-bond donors (Lipinski definition) is 2. The molecule has 206 valence electrons. The molecule has 8 nitrogen and oxygen atoms in total. The van der Waals surface area contributed by atoms with Crippen LogP contribution in [-0.2, 0) is 10.9 Å². The number of benzene rings is 1. The van der Waals surface area contributed by atoms with Crippen molar-refractivity contribution in [3.8, 4) is 17.0 Å². The summed E-state index contributed by atoms with van der Waals surface area (Å²) in [6, 6.07) is 8.10. The second kappa shape index (κ2) is 11.6. The maximum Gasteiger partial charge on any atom is 0.416 e. The van der Waals surface area contributed by atoms with Crippen molar-refractivity contribution < 1.29 is 27.4 Å². The molecule has 0 spiro atoms. The molecule has 5 rings (SSSR count). The minimum Gasteiger partial charge on any atom is -0.473 e. The Hall–Kier alpha value is -3.70. The summed E-state index contributed by atoms with van der Waals surface area (Å²) in [5, 5.41) is 6.03. The highest BCUT2D eigenvalue weighted by atomic mass is 19.4. The summed E-state index contributed by atoms with van der Waals surface area (Å²) in [5.74, 6) is -0.0790. The van der Waals surface area contributed by atoms with Gasteiger partial charge in [-0.1, -0.05) is 6.07 Å². The van der Waals surface area contributed by atoms with E-state index in [1.54, 1.807) is 12.3 Å². The number of carbonyl (C=O) groups excluding carboxylic acids is 1. The number of alkyl halides is 3. The topological polar surface area (TPSA) is 88.6 Å². The molecule has 2 aliphatic rings. The number of carbonyl (C=O) groups is 1. The monoisotopic (exact) mass is 541 g/mol. The number of amides is 1. The lowest BCUT2D eigenvalue weighted by atomic mass is 10.0. The first kappa shape index (κ1) is 26.9. The fraction of sp³-hybridized carbons (Fsp3) is 0.393. The van der Waals surface area contributed by atoms with Crippen molar-refractivity contribution in [2.45, 2.75) is 32.0 Å². The van der Waals surface area contributed by atoms with Gasteiger partial charge in [0.25, 0.3) is 5.91 Å². The summed E-state index contributed by atoms with van der Waals surface area (Å²) in [5.41, 5.74) is 2.54. The van der Waals surface area contributed by atoms with Crippen LogP contribution in [0.3, 0.4) is 0 Å². The number of piperazine rings is 1. The lowest BCUT2D eigenvalue weighted by molar-refractivity contribution is -0.137. The Morgan fingerprint density at radius 1 is 1.10 bits per heavy atom. The van der Waals surface area contributed by atoms with Crippen LogP contribution in [0.4, 0.5) is 24.5 Å². The molecule has 0 atom stereocenters. The van der Waals surface area contributed by atoms with Gasteiger partial charge in [-0.3, -0.25) is 9.78 Å². The van der Waals surface area contributed by atoms with Gasteiger partial charge in [0.2, 0.25) is 5.88 Å². The zero-order chi connectivity index (χ0) is 27.4. The number of nitrogens with one attached hydrogen (secondary N) is 2. The molecule has 4 heterocycles. The Labute approximate surface area is 224 Å². The first-order valence-corrected chi connectivity index (χ1v) is 12.9. The second-order valence-corrected chi connectivity index (χ2v) is 9.60. The van der Waals surface area contributed by atoms with Gasteiger partial charge in [-0.2, -0.15) is 13.2 Å². The van der Waals surface area contributed by atoms with Crippen molar-refractivity contribution >= 4 is 17.3 Å². The maximum atomic E-state index is 13.1. The summed E-state index contributed by atoms with van der Waals surface area (Å²) < 4.78 is 51.1. The van der Waals surface area contributed by atoms with Gasteiger partial charge in [-0.15, -0.1) is 0 Å². The van der Waals surface area contributed by atoms with Gasteiger partial charge in [0.15, 0.2) is 0 Å². The number of aryl methyl sites for hydroxylation is 1. The molecule has 1 amide bonds. The van der Waals surface area contributed by atoms with E-state index in [9.17, 15) is 18.0 Å². The lowest BCUT2D eigenvalue weighted by Crippen LogP contribution is -2.43. The molecule has 0 saturated carbocycles. The van der Waals surface area contributed by atoms with Crippen LogP contribution in [0, 0.1) is 6.92 Å². The van der Waals surface area contributed by atoms with Gasteiger partial charge >= 0.3 is 6.18 Å². The quantitative estimate of drug-likeness (QED) is 0.468. The Morgan fingerprint density at radius 3 is 2.62 bits per heavy atom. The molecule has 0 bridgehead atoms.